The molecule has 32 heavy (non-hydrogen) atoms. The number of nitrogens with one attached hydrogen (secondary N) is 1. The van der Waals surface area contributed by atoms with Crippen LogP contribution >= 0.6 is 11.8 Å². The Hall–Kier alpha value is -3.39. The number of benzene rings is 2. The number of carbonyl (C=O) groups excluding carboxylic acids is 1. The van der Waals surface area contributed by atoms with Crippen LogP contribution in [0.1, 0.15) is 24.9 Å². The Morgan fingerprint density at radius 2 is 2.06 bits per heavy atom. The molecular formula is C24H23FN4O2S. The molecule has 2 heterocycles. The van der Waals surface area contributed by atoms with Gasteiger partial charge in [0.25, 0.3) is 0 Å². The summed E-state index contributed by atoms with van der Waals surface area (Å²) in [6.45, 7) is 1.95. The summed E-state index contributed by atoms with van der Waals surface area (Å²) in [5.74, 6) is 0.634. The van der Waals surface area contributed by atoms with E-state index >= 15 is 0 Å². The Balaban J connectivity index is 1.66. The number of methoxy groups -OCH3 is 1. The van der Waals surface area contributed by atoms with Gasteiger partial charge >= 0.3 is 0 Å². The average molecular weight is 451 g/mol. The summed E-state index contributed by atoms with van der Waals surface area (Å²) in [6, 6.07) is 15.2. The number of carbonyl (C=O) groups is 1. The van der Waals surface area contributed by atoms with Crippen molar-refractivity contribution in [1.29, 1.82) is 0 Å². The number of rotatable bonds is 8. The number of amides is 1. The summed E-state index contributed by atoms with van der Waals surface area (Å²) in [7, 11) is 1.58. The number of aromatic nitrogens is 3. The van der Waals surface area contributed by atoms with Crippen molar-refractivity contribution in [2.75, 3.05) is 12.4 Å². The first-order chi connectivity index (χ1) is 15.6. The molecule has 1 N–H and O–H groups in total. The number of hydrogen-bond donors (Lipinski definition) is 1. The van der Waals surface area contributed by atoms with Gasteiger partial charge in [0.05, 0.1) is 24.3 Å². The number of nitrogens with zero attached hydrogens (tertiary/aromatic N) is 3. The fourth-order valence-corrected chi connectivity index (χ4v) is 4.54. The molecule has 0 saturated heterocycles. The molecule has 1 amide bonds. The van der Waals surface area contributed by atoms with Crippen molar-refractivity contribution < 1.29 is 13.9 Å². The van der Waals surface area contributed by atoms with Gasteiger partial charge in [-0.15, -0.1) is 0 Å². The van der Waals surface area contributed by atoms with Crippen LogP contribution in [0, 0.1) is 5.82 Å². The molecule has 0 saturated carbocycles. The van der Waals surface area contributed by atoms with Crippen molar-refractivity contribution in [3.05, 3.63) is 78.4 Å². The lowest BCUT2D eigenvalue weighted by Crippen LogP contribution is -2.26. The SMILES string of the molecule is CCC(C(=O)Nc1cccc(OC)c1)n1c(SCc2ccccc2F)nc2ccncc21. The molecule has 4 rings (SSSR count). The van der Waals surface area contributed by atoms with E-state index in [-0.39, 0.29) is 11.7 Å². The number of halogens is 1. The Kier molecular flexibility index (Phi) is 6.70. The molecule has 4 aromatic rings. The van der Waals surface area contributed by atoms with E-state index in [0.29, 0.717) is 34.3 Å². The van der Waals surface area contributed by atoms with Crippen LogP contribution in [0.4, 0.5) is 10.1 Å². The molecular weight excluding hydrogens is 427 g/mol. The Morgan fingerprint density at radius 3 is 2.84 bits per heavy atom. The highest BCUT2D eigenvalue weighted by Crippen LogP contribution is 2.32. The summed E-state index contributed by atoms with van der Waals surface area (Å²) in [5, 5.41) is 3.62. The van der Waals surface area contributed by atoms with Crippen LogP contribution in [0.5, 0.6) is 5.75 Å². The minimum Gasteiger partial charge on any atom is -0.497 e. The second-order valence-electron chi connectivity index (χ2n) is 7.15. The number of imidazole rings is 1. The van der Waals surface area contributed by atoms with Crippen LogP contribution in [0.2, 0.25) is 0 Å². The zero-order chi connectivity index (χ0) is 22.5. The highest BCUT2D eigenvalue weighted by atomic mass is 32.2. The molecule has 0 aliphatic carbocycles. The largest absolute Gasteiger partial charge is 0.497 e. The van der Waals surface area contributed by atoms with Crippen molar-refractivity contribution in [3.63, 3.8) is 0 Å². The molecule has 2 aromatic carbocycles. The zero-order valence-electron chi connectivity index (χ0n) is 17.8. The Labute approximate surface area is 189 Å². The van der Waals surface area contributed by atoms with Crippen molar-refractivity contribution in [1.82, 2.24) is 14.5 Å². The van der Waals surface area contributed by atoms with E-state index in [0.717, 1.165) is 11.0 Å². The predicted molar refractivity (Wildman–Crippen MR) is 124 cm³/mol. The predicted octanol–water partition coefficient (Wildman–Crippen LogP) is 5.46. The van der Waals surface area contributed by atoms with Crippen molar-refractivity contribution in [3.8, 4) is 5.75 Å². The third kappa shape index (κ3) is 4.60. The monoisotopic (exact) mass is 450 g/mol. The first-order valence-corrected chi connectivity index (χ1v) is 11.2. The third-order valence-electron chi connectivity index (χ3n) is 5.11. The van der Waals surface area contributed by atoms with E-state index in [4.69, 9.17) is 9.72 Å². The molecule has 0 fully saturated rings. The molecule has 0 bridgehead atoms. The lowest BCUT2D eigenvalue weighted by atomic mass is 10.2. The highest BCUT2D eigenvalue weighted by Gasteiger charge is 2.25. The lowest BCUT2D eigenvalue weighted by Gasteiger charge is -2.20. The number of fused-ring (bicyclic) bond motifs is 1. The molecule has 0 aliphatic rings. The van der Waals surface area contributed by atoms with Gasteiger partial charge in [-0.05, 0) is 36.2 Å². The van der Waals surface area contributed by atoms with Gasteiger partial charge in [0, 0.05) is 23.7 Å². The summed E-state index contributed by atoms with van der Waals surface area (Å²) in [6.07, 6.45) is 3.92. The first-order valence-electron chi connectivity index (χ1n) is 10.2. The first kappa shape index (κ1) is 21.8. The number of thioether (sulfide) groups is 1. The average Bonchev–Trinajstić information content (AvgIpc) is 3.17. The van der Waals surface area contributed by atoms with Crippen LogP contribution in [0.25, 0.3) is 11.0 Å². The standard InChI is InChI=1S/C24H23FN4O2S/c1-3-21(23(30)27-17-8-6-9-18(13-17)31-2)29-22-14-26-12-11-20(22)28-24(29)32-15-16-7-4-5-10-19(16)25/h4-14,21H,3,15H2,1-2H3,(H,27,30). The van der Waals surface area contributed by atoms with E-state index in [1.54, 1.807) is 37.7 Å². The maximum Gasteiger partial charge on any atom is 0.247 e. The van der Waals surface area contributed by atoms with Crippen LogP contribution < -0.4 is 10.1 Å². The molecule has 1 unspecified atom stereocenters. The van der Waals surface area contributed by atoms with Crippen LogP contribution in [0.15, 0.2) is 72.1 Å². The smallest absolute Gasteiger partial charge is 0.247 e. The molecule has 164 valence electrons. The fraction of sp³-hybridized carbons (Fsp3) is 0.208. The third-order valence-corrected chi connectivity index (χ3v) is 6.11. The van der Waals surface area contributed by atoms with Gasteiger partial charge in [-0.2, -0.15) is 0 Å². The van der Waals surface area contributed by atoms with Gasteiger partial charge in [0.1, 0.15) is 17.6 Å². The van der Waals surface area contributed by atoms with Crippen LogP contribution in [0.3, 0.4) is 0 Å². The van der Waals surface area contributed by atoms with Crippen LogP contribution in [-0.4, -0.2) is 27.6 Å². The van der Waals surface area contributed by atoms with Gasteiger partial charge in [-0.3, -0.25) is 9.78 Å². The number of anilines is 1. The van der Waals surface area contributed by atoms with Crippen LogP contribution in [-0.2, 0) is 10.5 Å². The summed E-state index contributed by atoms with van der Waals surface area (Å²) < 4.78 is 21.3. The fourth-order valence-electron chi connectivity index (χ4n) is 3.49. The van der Waals surface area contributed by atoms with Crippen molar-refractivity contribution >= 4 is 34.4 Å². The second kappa shape index (κ2) is 9.82. The quantitative estimate of drug-likeness (QED) is 0.361. The highest BCUT2D eigenvalue weighted by molar-refractivity contribution is 7.98. The van der Waals surface area contributed by atoms with Gasteiger partial charge in [0.2, 0.25) is 5.91 Å². The molecule has 8 heteroatoms. The van der Waals surface area contributed by atoms with E-state index < -0.39 is 6.04 Å². The topological polar surface area (TPSA) is 69.0 Å². The van der Waals surface area contributed by atoms with Crippen molar-refractivity contribution in [2.24, 2.45) is 0 Å². The van der Waals surface area contributed by atoms with Gasteiger partial charge in [-0.25, -0.2) is 9.37 Å². The maximum atomic E-state index is 14.1. The molecule has 2 aromatic heterocycles. The van der Waals surface area contributed by atoms with E-state index in [2.05, 4.69) is 10.3 Å². The molecule has 0 aliphatic heterocycles. The molecule has 1 atom stereocenters. The number of ether oxygens (including phenoxy) is 1. The molecule has 6 nitrogen and oxygen atoms in total. The van der Waals surface area contributed by atoms with Gasteiger partial charge in [0.15, 0.2) is 5.16 Å². The zero-order valence-corrected chi connectivity index (χ0v) is 18.6. The molecule has 0 spiro atoms. The van der Waals surface area contributed by atoms with E-state index in [1.807, 2.05) is 41.8 Å². The van der Waals surface area contributed by atoms with E-state index in [1.165, 1.54) is 17.8 Å². The Bertz CT molecular complexity index is 1240. The molecule has 0 radical (unpaired) electrons. The normalized spacial score (nSPS) is 12.0. The summed E-state index contributed by atoms with van der Waals surface area (Å²) >= 11 is 1.40. The minimum atomic E-state index is -0.515. The summed E-state index contributed by atoms with van der Waals surface area (Å²) in [4.78, 5) is 22.2. The van der Waals surface area contributed by atoms with E-state index in [9.17, 15) is 9.18 Å². The van der Waals surface area contributed by atoms with Gasteiger partial charge < -0.3 is 14.6 Å². The number of pyridine rings is 1. The number of hydrogen-bond acceptors (Lipinski definition) is 5. The second-order valence-corrected chi connectivity index (χ2v) is 8.10. The maximum absolute atomic E-state index is 14.1. The Morgan fingerprint density at radius 1 is 1.22 bits per heavy atom. The minimum absolute atomic E-state index is 0.170. The van der Waals surface area contributed by atoms with Gasteiger partial charge in [-0.1, -0.05) is 43.0 Å². The summed E-state index contributed by atoms with van der Waals surface area (Å²) in [5.41, 5.74) is 2.74. The van der Waals surface area contributed by atoms with Crippen molar-refractivity contribution in [2.45, 2.75) is 30.3 Å². The lowest BCUT2D eigenvalue weighted by molar-refractivity contribution is -0.119.